The number of rotatable bonds is 4. The van der Waals surface area contributed by atoms with Crippen LogP contribution in [-0.2, 0) is 0 Å². The number of benzene rings is 1. The van der Waals surface area contributed by atoms with E-state index in [-0.39, 0.29) is 24.8 Å². The van der Waals surface area contributed by atoms with Crippen LogP contribution in [0.15, 0.2) is 12.1 Å². The number of halogens is 1. The third-order valence-corrected chi connectivity index (χ3v) is 2.12. The van der Waals surface area contributed by atoms with Crippen molar-refractivity contribution in [3.8, 4) is 17.2 Å². The number of methoxy groups -OCH3 is 2. The molecule has 0 saturated heterocycles. The van der Waals surface area contributed by atoms with Gasteiger partial charge in [0.1, 0.15) is 17.2 Å². The Morgan fingerprint density at radius 1 is 1.31 bits per heavy atom. The van der Waals surface area contributed by atoms with Crippen LogP contribution in [0.3, 0.4) is 0 Å². The summed E-state index contributed by atoms with van der Waals surface area (Å²) in [4.78, 5) is 0. The zero-order chi connectivity index (χ0) is 11.4. The number of aliphatic hydroxyl groups excluding tert-OH is 1. The molecule has 1 rings (SSSR count). The van der Waals surface area contributed by atoms with Crippen molar-refractivity contribution in [3.63, 3.8) is 0 Å². The maximum absolute atomic E-state index is 9.68. The van der Waals surface area contributed by atoms with Gasteiger partial charge < -0.3 is 25.4 Å². The van der Waals surface area contributed by atoms with E-state index in [4.69, 9.17) is 20.3 Å². The van der Waals surface area contributed by atoms with Crippen LogP contribution >= 0.6 is 12.4 Å². The van der Waals surface area contributed by atoms with Crippen molar-refractivity contribution < 1.29 is 19.7 Å². The monoisotopic (exact) mass is 249 g/mol. The second-order valence-electron chi connectivity index (χ2n) is 3.05. The first-order chi connectivity index (χ1) is 7.13. The molecule has 1 atom stereocenters. The van der Waals surface area contributed by atoms with Gasteiger partial charge in [-0.05, 0) is 0 Å². The molecular weight excluding hydrogens is 234 g/mol. The lowest BCUT2D eigenvalue weighted by molar-refractivity contribution is 0.261. The third kappa shape index (κ3) is 2.91. The fourth-order valence-corrected chi connectivity index (χ4v) is 1.34. The van der Waals surface area contributed by atoms with Crippen LogP contribution in [0.1, 0.15) is 11.6 Å². The van der Waals surface area contributed by atoms with E-state index in [0.29, 0.717) is 17.1 Å². The van der Waals surface area contributed by atoms with E-state index in [1.54, 1.807) is 6.07 Å². The van der Waals surface area contributed by atoms with Gasteiger partial charge in [-0.25, -0.2) is 0 Å². The number of aliphatic hydroxyl groups is 1. The molecule has 1 aromatic rings. The molecule has 0 amide bonds. The standard InChI is InChI=1S/C10H15NO4.ClH/c1-14-6-3-8(13)10(7(11)5-12)9(4-6)15-2;/h3-4,7,12-13H,5,11H2,1-2H3;1H/t7-;/m1./s1. The first-order valence-corrected chi connectivity index (χ1v) is 4.45. The van der Waals surface area contributed by atoms with Gasteiger partial charge in [-0.1, -0.05) is 0 Å². The third-order valence-electron chi connectivity index (χ3n) is 2.12. The Labute approximate surface area is 100 Å². The fourth-order valence-electron chi connectivity index (χ4n) is 1.34. The highest BCUT2D eigenvalue weighted by molar-refractivity contribution is 5.85. The Morgan fingerprint density at radius 3 is 2.38 bits per heavy atom. The molecule has 4 N–H and O–H groups in total. The molecule has 0 radical (unpaired) electrons. The minimum atomic E-state index is -0.675. The average molecular weight is 250 g/mol. The second kappa shape index (κ2) is 6.42. The summed E-state index contributed by atoms with van der Waals surface area (Å²) in [6.45, 7) is -0.268. The highest BCUT2D eigenvalue weighted by Crippen LogP contribution is 2.36. The quantitative estimate of drug-likeness (QED) is 0.736. The summed E-state index contributed by atoms with van der Waals surface area (Å²) in [5.74, 6) is 0.819. The summed E-state index contributed by atoms with van der Waals surface area (Å²) in [6.07, 6.45) is 0. The highest BCUT2D eigenvalue weighted by Gasteiger charge is 2.17. The van der Waals surface area contributed by atoms with Gasteiger partial charge >= 0.3 is 0 Å². The molecular formula is C10H16ClNO4. The molecule has 0 unspecified atom stereocenters. The van der Waals surface area contributed by atoms with E-state index in [1.165, 1.54) is 20.3 Å². The number of hydrogen-bond donors (Lipinski definition) is 3. The average Bonchev–Trinajstić information content (AvgIpc) is 2.26. The van der Waals surface area contributed by atoms with E-state index in [1.807, 2.05) is 0 Å². The van der Waals surface area contributed by atoms with Gasteiger partial charge in [-0.2, -0.15) is 0 Å². The predicted molar refractivity (Wildman–Crippen MR) is 62.5 cm³/mol. The number of aromatic hydroxyl groups is 1. The first-order valence-electron chi connectivity index (χ1n) is 4.45. The number of ether oxygens (including phenoxy) is 2. The SMILES string of the molecule is COc1cc(O)c([C@H](N)CO)c(OC)c1.Cl. The largest absolute Gasteiger partial charge is 0.507 e. The minimum Gasteiger partial charge on any atom is -0.507 e. The van der Waals surface area contributed by atoms with E-state index in [9.17, 15) is 5.11 Å². The van der Waals surface area contributed by atoms with Gasteiger partial charge in [0.25, 0.3) is 0 Å². The molecule has 0 aromatic heterocycles. The second-order valence-corrected chi connectivity index (χ2v) is 3.05. The minimum absolute atomic E-state index is 0. The Hall–Kier alpha value is -1.17. The number of phenols is 1. The van der Waals surface area contributed by atoms with Crippen LogP contribution in [-0.4, -0.2) is 31.0 Å². The van der Waals surface area contributed by atoms with E-state index < -0.39 is 6.04 Å². The molecule has 5 nitrogen and oxygen atoms in total. The van der Waals surface area contributed by atoms with Crippen molar-refractivity contribution in [1.29, 1.82) is 0 Å². The first kappa shape index (κ1) is 14.8. The zero-order valence-electron chi connectivity index (χ0n) is 9.14. The Bertz CT molecular complexity index is 346. The molecule has 0 aliphatic heterocycles. The van der Waals surface area contributed by atoms with E-state index >= 15 is 0 Å². The van der Waals surface area contributed by atoms with E-state index in [0.717, 1.165) is 0 Å². The topological polar surface area (TPSA) is 84.9 Å². The van der Waals surface area contributed by atoms with Gasteiger partial charge in [0.05, 0.1) is 32.4 Å². The molecule has 92 valence electrons. The zero-order valence-corrected chi connectivity index (χ0v) is 9.95. The molecule has 0 saturated carbocycles. The molecule has 0 spiro atoms. The van der Waals surface area contributed by atoms with E-state index in [2.05, 4.69) is 0 Å². The fraction of sp³-hybridized carbons (Fsp3) is 0.400. The van der Waals surface area contributed by atoms with Crippen molar-refractivity contribution in [3.05, 3.63) is 17.7 Å². The van der Waals surface area contributed by atoms with Crippen molar-refractivity contribution in [2.75, 3.05) is 20.8 Å². The van der Waals surface area contributed by atoms with Gasteiger partial charge in [0.2, 0.25) is 0 Å². The Kier molecular flexibility index (Phi) is 5.95. The molecule has 0 bridgehead atoms. The van der Waals surface area contributed by atoms with Crippen LogP contribution in [0.25, 0.3) is 0 Å². The lowest BCUT2D eigenvalue weighted by Gasteiger charge is -2.16. The van der Waals surface area contributed by atoms with Crippen molar-refractivity contribution in [1.82, 2.24) is 0 Å². The number of nitrogens with two attached hydrogens (primary N) is 1. The summed E-state index contributed by atoms with van der Waals surface area (Å²) in [5.41, 5.74) is 6.01. The summed E-state index contributed by atoms with van der Waals surface area (Å²) >= 11 is 0. The summed E-state index contributed by atoms with van der Waals surface area (Å²) in [6, 6.07) is 2.35. The molecule has 0 aliphatic carbocycles. The molecule has 0 aliphatic rings. The van der Waals surface area contributed by atoms with Crippen LogP contribution in [0.2, 0.25) is 0 Å². The summed E-state index contributed by atoms with van der Waals surface area (Å²) < 4.78 is 10.0. The van der Waals surface area contributed by atoms with Gasteiger partial charge in [0.15, 0.2) is 0 Å². The Balaban J connectivity index is 0.00000225. The van der Waals surface area contributed by atoms with Crippen LogP contribution in [0.4, 0.5) is 0 Å². The molecule has 0 heterocycles. The van der Waals surface area contributed by atoms with Crippen molar-refractivity contribution in [2.45, 2.75) is 6.04 Å². The van der Waals surface area contributed by atoms with Crippen LogP contribution < -0.4 is 15.2 Å². The number of phenolic OH excluding ortho intramolecular Hbond substituents is 1. The lowest BCUT2D eigenvalue weighted by Crippen LogP contribution is -2.15. The number of hydrogen-bond acceptors (Lipinski definition) is 5. The predicted octanol–water partition coefficient (Wildman–Crippen LogP) is 0.823. The van der Waals surface area contributed by atoms with Crippen LogP contribution in [0, 0.1) is 0 Å². The Morgan fingerprint density at radius 2 is 1.94 bits per heavy atom. The van der Waals surface area contributed by atoms with Crippen LogP contribution in [0.5, 0.6) is 17.2 Å². The molecule has 0 fully saturated rings. The maximum atomic E-state index is 9.68. The van der Waals surface area contributed by atoms with Crippen molar-refractivity contribution >= 4 is 12.4 Å². The molecule has 16 heavy (non-hydrogen) atoms. The van der Waals surface area contributed by atoms with Gasteiger partial charge in [-0.15, -0.1) is 12.4 Å². The lowest BCUT2D eigenvalue weighted by atomic mass is 10.1. The normalized spacial score (nSPS) is 11.5. The summed E-state index contributed by atoms with van der Waals surface area (Å²) in [7, 11) is 2.95. The smallest absolute Gasteiger partial charge is 0.131 e. The van der Waals surface area contributed by atoms with Gasteiger partial charge in [0, 0.05) is 12.1 Å². The molecule has 1 aromatic carbocycles. The summed E-state index contributed by atoms with van der Waals surface area (Å²) in [5, 5.41) is 18.6. The van der Waals surface area contributed by atoms with Gasteiger partial charge in [-0.3, -0.25) is 0 Å². The highest BCUT2D eigenvalue weighted by atomic mass is 35.5. The molecule has 6 heteroatoms. The van der Waals surface area contributed by atoms with Crippen molar-refractivity contribution in [2.24, 2.45) is 5.73 Å². The maximum Gasteiger partial charge on any atom is 0.131 e.